The Bertz CT molecular complexity index is 668. The van der Waals surface area contributed by atoms with Gasteiger partial charge in [0.2, 0.25) is 11.7 Å². The zero-order chi connectivity index (χ0) is 19.5. The van der Waals surface area contributed by atoms with Crippen LogP contribution in [0.2, 0.25) is 0 Å². The van der Waals surface area contributed by atoms with Crippen molar-refractivity contribution < 1.29 is 23.7 Å². The van der Waals surface area contributed by atoms with Crippen LogP contribution in [0.3, 0.4) is 0 Å². The smallest absolute Gasteiger partial charge is 0.241 e. The van der Waals surface area contributed by atoms with Crippen molar-refractivity contribution in [1.29, 1.82) is 0 Å². The highest BCUT2D eigenvalue weighted by Crippen LogP contribution is 2.50. The molecule has 1 aromatic rings. The highest BCUT2D eigenvalue weighted by atomic mass is 35.5. The molecule has 0 aromatic heterocycles. The van der Waals surface area contributed by atoms with Gasteiger partial charge < -0.3 is 30.0 Å². The predicted molar refractivity (Wildman–Crippen MR) is 106 cm³/mol. The fraction of sp³-hybridized carbons (Fsp3) is 0.632. The third-order valence-corrected chi connectivity index (χ3v) is 5.46. The van der Waals surface area contributed by atoms with E-state index in [0.29, 0.717) is 30.3 Å². The number of halogens is 1. The van der Waals surface area contributed by atoms with E-state index in [1.807, 2.05) is 26.8 Å². The molecule has 7 nitrogen and oxygen atoms in total. The Morgan fingerprint density at radius 3 is 2.30 bits per heavy atom. The molecular weight excluding hydrogens is 372 g/mol. The van der Waals surface area contributed by atoms with E-state index in [1.54, 1.807) is 27.4 Å². The van der Waals surface area contributed by atoms with Gasteiger partial charge in [0.25, 0.3) is 0 Å². The number of benzene rings is 1. The Hall–Kier alpha value is -1.70. The van der Waals surface area contributed by atoms with E-state index in [2.05, 4.69) is 5.32 Å². The van der Waals surface area contributed by atoms with E-state index >= 15 is 0 Å². The second kappa shape index (κ2) is 8.99. The van der Waals surface area contributed by atoms with Crippen LogP contribution in [0.5, 0.6) is 17.2 Å². The molecule has 2 rings (SSSR count). The summed E-state index contributed by atoms with van der Waals surface area (Å²) in [4.78, 5) is 12.8. The summed E-state index contributed by atoms with van der Waals surface area (Å²) in [5.41, 5.74) is 5.79. The zero-order valence-corrected chi connectivity index (χ0v) is 17.7. The van der Waals surface area contributed by atoms with Crippen molar-refractivity contribution in [2.24, 2.45) is 11.1 Å². The molecule has 2 unspecified atom stereocenters. The fourth-order valence-electron chi connectivity index (χ4n) is 3.46. The molecule has 0 heterocycles. The Morgan fingerprint density at radius 1 is 1.19 bits per heavy atom. The summed E-state index contributed by atoms with van der Waals surface area (Å²) < 4.78 is 21.8. The topological polar surface area (TPSA) is 92.0 Å². The minimum Gasteiger partial charge on any atom is -0.493 e. The minimum atomic E-state index is -0.962. The van der Waals surface area contributed by atoms with Crippen molar-refractivity contribution >= 4 is 18.3 Å². The molecule has 2 atom stereocenters. The molecule has 8 heteroatoms. The second-order valence-electron chi connectivity index (χ2n) is 7.02. The van der Waals surface area contributed by atoms with E-state index in [9.17, 15) is 4.79 Å². The van der Waals surface area contributed by atoms with E-state index in [4.69, 9.17) is 24.7 Å². The van der Waals surface area contributed by atoms with Crippen LogP contribution in [-0.4, -0.2) is 45.5 Å². The Labute approximate surface area is 167 Å². The third-order valence-electron chi connectivity index (χ3n) is 5.46. The maximum atomic E-state index is 12.8. The summed E-state index contributed by atoms with van der Waals surface area (Å²) in [5, 5.41) is 2.93. The average Bonchev–Trinajstić information content (AvgIpc) is 2.64. The quantitative estimate of drug-likeness (QED) is 0.693. The van der Waals surface area contributed by atoms with Gasteiger partial charge in [-0.25, -0.2) is 0 Å². The molecule has 0 saturated heterocycles. The normalized spacial score (nSPS) is 22.9. The molecule has 154 valence electrons. The number of rotatable bonds is 8. The first-order valence-corrected chi connectivity index (χ1v) is 8.73. The first-order chi connectivity index (χ1) is 12.3. The van der Waals surface area contributed by atoms with Crippen LogP contribution in [0.15, 0.2) is 12.1 Å². The molecule has 1 amide bonds. The molecule has 1 fully saturated rings. The second-order valence-corrected chi connectivity index (χ2v) is 7.02. The van der Waals surface area contributed by atoms with E-state index < -0.39 is 11.0 Å². The average molecular weight is 403 g/mol. The van der Waals surface area contributed by atoms with Gasteiger partial charge in [-0.15, -0.1) is 12.4 Å². The number of carbonyl (C=O) groups is 1. The summed E-state index contributed by atoms with van der Waals surface area (Å²) in [5.74, 6) is 1.38. The highest BCUT2D eigenvalue weighted by molar-refractivity contribution is 5.88. The lowest BCUT2D eigenvalue weighted by molar-refractivity contribution is -0.170. The van der Waals surface area contributed by atoms with Crippen molar-refractivity contribution in [3.8, 4) is 17.2 Å². The molecule has 3 N–H and O–H groups in total. The maximum Gasteiger partial charge on any atom is 0.241 e. The van der Waals surface area contributed by atoms with E-state index in [1.165, 1.54) is 0 Å². The third kappa shape index (κ3) is 3.95. The van der Waals surface area contributed by atoms with Gasteiger partial charge in [0.1, 0.15) is 5.54 Å². The minimum absolute atomic E-state index is 0. The van der Waals surface area contributed by atoms with Crippen LogP contribution in [-0.2, 0) is 16.1 Å². The van der Waals surface area contributed by atoms with Crippen LogP contribution in [0.1, 0.15) is 32.8 Å². The summed E-state index contributed by atoms with van der Waals surface area (Å²) in [6, 6.07) is 3.61. The lowest BCUT2D eigenvalue weighted by Crippen LogP contribution is -2.75. The van der Waals surface area contributed by atoms with Crippen molar-refractivity contribution in [1.82, 2.24) is 5.32 Å². The van der Waals surface area contributed by atoms with E-state index in [-0.39, 0.29) is 31.0 Å². The van der Waals surface area contributed by atoms with Crippen LogP contribution in [0, 0.1) is 5.41 Å². The number of carbonyl (C=O) groups excluding carboxylic acids is 1. The van der Waals surface area contributed by atoms with Gasteiger partial charge in [0, 0.05) is 30.6 Å². The molecule has 1 aliphatic rings. The van der Waals surface area contributed by atoms with Crippen LogP contribution in [0.25, 0.3) is 0 Å². The van der Waals surface area contributed by atoms with Gasteiger partial charge in [-0.2, -0.15) is 0 Å². The summed E-state index contributed by atoms with van der Waals surface area (Å²) in [7, 11) is 4.65. The molecule has 1 aromatic carbocycles. The fourth-order valence-corrected chi connectivity index (χ4v) is 3.46. The van der Waals surface area contributed by atoms with Crippen molar-refractivity contribution in [2.45, 2.75) is 45.4 Å². The van der Waals surface area contributed by atoms with Crippen molar-refractivity contribution in [2.75, 3.05) is 27.9 Å². The van der Waals surface area contributed by atoms with Crippen LogP contribution < -0.4 is 25.3 Å². The number of amides is 1. The van der Waals surface area contributed by atoms with Gasteiger partial charge in [0.05, 0.1) is 27.4 Å². The first kappa shape index (κ1) is 23.3. The lowest BCUT2D eigenvalue weighted by atomic mass is 9.54. The number of hydrogen-bond acceptors (Lipinski definition) is 6. The summed E-state index contributed by atoms with van der Waals surface area (Å²) in [6.07, 6.45) is 0.488. The lowest BCUT2D eigenvalue weighted by Gasteiger charge is -2.57. The molecule has 0 radical (unpaired) electrons. The van der Waals surface area contributed by atoms with Gasteiger partial charge in [-0.3, -0.25) is 4.79 Å². The molecule has 1 aliphatic carbocycles. The number of ether oxygens (including phenoxy) is 4. The maximum absolute atomic E-state index is 12.8. The van der Waals surface area contributed by atoms with Gasteiger partial charge in [0.15, 0.2) is 11.5 Å². The van der Waals surface area contributed by atoms with Crippen LogP contribution in [0.4, 0.5) is 0 Å². The SMILES string of the molecule is CCOC1CC(N)(C(=O)NCc2ccc(OC)c(OC)c2OC)C1(C)C.Cl. The monoisotopic (exact) mass is 402 g/mol. The predicted octanol–water partition coefficient (Wildman–Crippen LogP) is 2.28. The van der Waals surface area contributed by atoms with Gasteiger partial charge in [-0.1, -0.05) is 13.8 Å². The van der Waals surface area contributed by atoms with Crippen LogP contribution >= 0.6 is 12.4 Å². The molecular formula is C19H31ClN2O5. The molecule has 27 heavy (non-hydrogen) atoms. The molecule has 1 saturated carbocycles. The molecule has 0 aliphatic heterocycles. The van der Waals surface area contributed by atoms with Crippen molar-refractivity contribution in [3.63, 3.8) is 0 Å². The largest absolute Gasteiger partial charge is 0.493 e. The Morgan fingerprint density at radius 2 is 1.81 bits per heavy atom. The highest BCUT2D eigenvalue weighted by Gasteiger charge is 2.62. The summed E-state index contributed by atoms with van der Waals surface area (Å²) in [6.45, 7) is 6.75. The standard InChI is InChI=1S/C19H30N2O5.ClH/c1-7-26-14-10-19(20,18(14,2)3)17(22)21-11-12-8-9-13(23-4)16(25-6)15(12)24-5;/h8-9,14H,7,10-11,20H2,1-6H3,(H,21,22);1H. The van der Waals surface area contributed by atoms with Gasteiger partial charge >= 0.3 is 0 Å². The summed E-state index contributed by atoms with van der Waals surface area (Å²) >= 11 is 0. The number of nitrogens with one attached hydrogen (secondary N) is 1. The van der Waals surface area contributed by atoms with E-state index in [0.717, 1.165) is 5.56 Å². The zero-order valence-electron chi connectivity index (χ0n) is 16.9. The van der Waals surface area contributed by atoms with Crippen molar-refractivity contribution in [3.05, 3.63) is 17.7 Å². The van der Waals surface area contributed by atoms with Gasteiger partial charge in [-0.05, 0) is 19.1 Å². The number of hydrogen-bond donors (Lipinski definition) is 2. The molecule has 0 bridgehead atoms. The molecule has 0 spiro atoms. The first-order valence-electron chi connectivity index (χ1n) is 8.73. The Balaban J connectivity index is 0.00000364. The Kier molecular flexibility index (Phi) is 7.77. The number of nitrogens with two attached hydrogens (primary N) is 1. The number of methoxy groups -OCH3 is 3.